The van der Waals surface area contributed by atoms with E-state index in [0.29, 0.717) is 12.1 Å². The fraction of sp³-hybridized carbons (Fsp3) is 1.00. The van der Waals surface area contributed by atoms with Gasteiger partial charge in [0.25, 0.3) is 0 Å². The highest BCUT2D eigenvalue weighted by Gasteiger charge is 2.38. The lowest BCUT2D eigenvalue weighted by atomic mass is 9.82. The maximum absolute atomic E-state index is 12.2. The van der Waals surface area contributed by atoms with E-state index in [0.717, 1.165) is 32.1 Å². The van der Waals surface area contributed by atoms with Crippen molar-refractivity contribution in [1.82, 2.24) is 4.90 Å². The molecule has 2 rings (SSSR count). The Hall–Kier alpha value is -0.290. The molecule has 2 fully saturated rings. The number of hydrogen-bond donors (Lipinski definition) is 1. The molecule has 0 radical (unpaired) electrons. The molecule has 16 heavy (non-hydrogen) atoms. The summed E-state index contributed by atoms with van der Waals surface area (Å²) < 4.78 is 36.6. The first-order valence-corrected chi connectivity index (χ1v) is 6.04. The van der Waals surface area contributed by atoms with Gasteiger partial charge in [0.1, 0.15) is 0 Å². The zero-order valence-electron chi connectivity index (χ0n) is 9.34. The summed E-state index contributed by atoms with van der Waals surface area (Å²) in [5.41, 5.74) is 5.92. The average Bonchev–Trinajstić information content (AvgIpc) is 2.12. The van der Waals surface area contributed by atoms with Crippen LogP contribution in [0.3, 0.4) is 0 Å². The van der Waals surface area contributed by atoms with Crippen LogP contribution in [0.2, 0.25) is 0 Å². The standard InChI is InChI=1S/C11H19F3N2/c12-11(13,14)4-5-16-9-2-1-3-10(16)7-8(15)6-9/h8-10H,1-7,15H2. The van der Waals surface area contributed by atoms with Gasteiger partial charge >= 0.3 is 6.18 Å². The van der Waals surface area contributed by atoms with E-state index in [2.05, 4.69) is 4.90 Å². The summed E-state index contributed by atoms with van der Waals surface area (Å²) in [5, 5.41) is 0. The molecule has 2 saturated heterocycles. The second-order valence-electron chi connectivity index (χ2n) is 5.07. The summed E-state index contributed by atoms with van der Waals surface area (Å²) in [4.78, 5) is 2.06. The molecule has 2 aliphatic rings. The molecule has 0 amide bonds. The van der Waals surface area contributed by atoms with Crippen LogP contribution < -0.4 is 5.73 Å². The summed E-state index contributed by atoms with van der Waals surface area (Å²) in [6, 6.07) is 0.784. The van der Waals surface area contributed by atoms with Crippen molar-refractivity contribution in [3.63, 3.8) is 0 Å². The molecule has 0 aliphatic carbocycles. The fourth-order valence-electron chi connectivity index (χ4n) is 3.14. The van der Waals surface area contributed by atoms with Crippen molar-refractivity contribution in [2.24, 2.45) is 5.73 Å². The zero-order chi connectivity index (χ0) is 11.8. The Balaban J connectivity index is 1.93. The number of hydrogen-bond acceptors (Lipinski definition) is 2. The second-order valence-corrected chi connectivity index (χ2v) is 5.07. The van der Waals surface area contributed by atoms with Crippen LogP contribution in [-0.2, 0) is 0 Å². The lowest BCUT2D eigenvalue weighted by Gasteiger charge is -2.48. The van der Waals surface area contributed by atoms with E-state index in [1.807, 2.05) is 0 Å². The van der Waals surface area contributed by atoms with Gasteiger partial charge in [-0.25, -0.2) is 0 Å². The Kier molecular flexibility index (Phi) is 3.45. The third-order valence-corrected chi connectivity index (χ3v) is 3.82. The molecule has 0 aromatic rings. The van der Waals surface area contributed by atoms with Gasteiger partial charge in [0.15, 0.2) is 0 Å². The first-order chi connectivity index (χ1) is 7.46. The third kappa shape index (κ3) is 2.88. The van der Waals surface area contributed by atoms with Gasteiger partial charge in [-0.3, -0.25) is 4.90 Å². The number of nitrogens with zero attached hydrogens (tertiary/aromatic N) is 1. The molecule has 0 aromatic carbocycles. The van der Waals surface area contributed by atoms with Crippen LogP contribution in [-0.4, -0.2) is 35.7 Å². The maximum Gasteiger partial charge on any atom is 0.390 e. The number of alkyl halides is 3. The van der Waals surface area contributed by atoms with E-state index in [1.165, 1.54) is 0 Å². The summed E-state index contributed by atoms with van der Waals surface area (Å²) in [6.07, 6.45) is 0.195. The number of halogens is 3. The van der Waals surface area contributed by atoms with Gasteiger partial charge in [-0.1, -0.05) is 6.42 Å². The number of fused-ring (bicyclic) bond motifs is 2. The Morgan fingerprint density at radius 2 is 1.69 bits per heavy atom. The molecule has 0 spiro atoms. The SMILES string of the molecule is NC1CC2CCCC(C1)N2CCC(F)(F)F. The number of nitrogens with two attached hydrogens (primary N) is 1. The van der Waals surface area contributed by atoms with Crippen molar-refractivity contribution < 1.29 is 13.2 Å². The van der Waals surface area contributed by atoms with E-state index in [1.54, 1.807) is 0 Å². The Morgan fingerprint density at radius 1 is 1.12 bits per heavy atom. The minimum atomic E-state index is -4.03. The minimum absolute atomic E-state index is 0.158. The Bertz CT molecular complexity index is 228. The fourth-order valence-corrected chi connectivity index (χ4v) is 3.14. The minimum Gasteiger partial charge on any atom is -0.328 e. The second kappa shape index (κ2) is 4.53. The maximum atomic E-state index is 12.2. The molecule has 2 heterocycles. The van der Waals surface area contributed by atoms with Crippen molar-refractivity contribution in [2.45, 2.75) is 62.8 Å². The zero-order valence-corrected chi connectivity index (χ0v) is 9.34. The first kappa shape index (κ1) is 12.2. The molecule has 2 atom stereocenters. The molecule has 0 aromatic heterocycles. The summed E-state index contributed by atoms with van der Waals surface area (Å²) in [7, 11) is 0. The van der Waals surface area contributed by atoms with Gasteiger partial charge in [0.2, 0.25) is 0 Å². The van der Waals surface area contributed by atoms with E-state index in [9.17, 15) is 13.2 Å². The highest BCUT2D eigenvalue weighted by atomic mass is 19.4. The molecule has 2 unspecified atom stereocenters. The van der Waals surface area contributed by atoms with Crippen LogP contribution in [0.1, 0.15) is 38.5 Å². The summed E-state index contributed by atoms with van der Waals surface area (Å²) >= 11 is 0. The highest BCUT2D eigenvalue weighted by molar-refractivity contribution is 4.93. The average molecular weight is 236 g/mol. The van der Waals surface area contributed by atoms with Gasteiger partial charge in [-0.05, 0) is 25.7 Å². The quantitative estimate of drug-likeness (QED) is 0.797. The van der Waals surface area contributed by atoms with E-state index < -0.39 is 12.6 Å². The molecule has 5 heteroatoms. The topological polar surface area (TPSA) is 29.3 Å². The number of piperidine rings is 2. The summed E-state index contributed by atoms with van der Waals surface area (Å²) in [6.45, 7) is 0.158. The molecule has 2 N–H and O–H groups in total. The van der Waals surface area contributed by atoms with E-state index in [4.69, 9.17) is 5.73 Å². The Morgan fingerprint density at radius 3 is 2.19 bits per heavy atom. The van der Waals surface area contributed by atoms with Crippen molar-refractivity contribution in [3.05, 3.63) is 0 Å². The predicted molar refractivity (Wildman–Crippen MR) is 56.0 cm³/mol. The lowest BCUT2D eigenvalue weighted by Crippen LogP contribution is -2.55. The van der Waals surface area contributed by atoms with Crippen molar-refractivity contribution in [1.29, 1.82) is 0 Å². The van der Waals surface area contributed by atoms with Crippen LogP contribution in [0, 0.1) is 0 Å². The largest absolute Gasteiger partial charge is 0.390 e. The van der Waals surface area contributed by atoms with Gasteiger partial charge in [0, 0.05) is 24.7 Å². The van der Waals surface area contributed by atoms with Crippen molar-refractivity contribution >= 4 is 0 Å². The lowest BCUT2D eigenvalue weighted by molar-refractivity contribution is -0.143. The first-order valence-electron chi connectivity index (χ1n) is 6.04. The Labute approximate surface area is 94.0 Å². The summed E-state index contributed by atoms with van der Waals surface area (Å²) in [5.74, 6) is 0. The molecule has 94 valence electrons. The van der Waals surface area contributed by atoms with E-state index >= 15 is 0 Å². The van der Waals surface area contributed by atoms with Gasteiger partial charge < -0.3 is 5.73 Å². The van der Waals surface area contributed by atoms with Crippen LogP contribution in [0.25, 0.3) is 0 Å². The van der Waals surface area contributed by atoms with Crippen molar-refractivity contribution in [2.75, 3.05) is 6.54 Å². The molecular weight excluding hydrogens is 217 g/mol. The highest BCUT2D eigenvalue weighted by Crippen LogP contribution is 2.34. The van der Waals surface area contributed by atoms with Crippen LogP contribution in [0.4, 0.5) is 13.2 Å². The van der Waals surface area contributed by atoms with Gasteiger partial charge in [-0.2, -0.15) is 13.2 Å². The van der Waals surface area contributed by atoms with Crippen LogP contribution >= 0.6 is 0 Å². The molecule has 0 saturated carbocycles. The van der Waals surface area contributed by atoms with Crippen LogP contribution in [0.15, 0.2) is 0 Å². The molecular formula is C11H19F3N2. The molecule has 2 nitrogen and oxygen atoms in total. The smallest absolute Gasteiger partial charge is 0.328 e. The third-order valence-electron chi connectivity index (χ3n) is 3.82. The number of rotatable bonds is 2. The van der Waals surface area contributed by atoms with Crippen molar-refractivity contribution in [3.8, 4) is 0 Å². The van der Waals surface area contributed by atoms with E-state index in [-0.39, 0.29) is 12.6 Å². The predicted octanol–water partition coefficient (Wildman–Crippen LogP) is 2.28. The monoisotopic (exact) mass is 236 g/mol. The van der Waals surface area contributed by atoms with Crippen LogP contribution in [0.5, 0.6) is 0 Å². The normalized spacial score (nSPS) is 36.4. The van der Waals surface area contributed by atoms with Gasteiger partial charge in [0.05, 0.1) is 6.42 Å². The molecule has 2 bridgehead atoms. The van der Waals surface area contributed by atoms with Gasteiger partial charge in [-0.15, -0.1) is 0 Å². The molecule has 2 aliphatic heterocycles.